The molecule has 0 aliphatic carbocycles. The van der Waals surface area contributed by atoms with Gasteiger partial charge in [-0.3, -0.25) is 71.9 Å². The number of hydrogen-bond acceptors (Lipinski definition) is 29. The first-order chi connectivity index (χ1) is 56.0. The Labute approximate surface area is 731 Å². The summed E-state index contributed by atoms with van der Waals surface area (Å²) in [6.07, 6.45) is -9.77. The highest BCUT2D eigenvalue weighted by atomic mass is 16.6. The summed E-state index contributed by atoms with van der Waals surface area (Å²) in [5, 5.41) is 12.2. The van der Waals surface area contributed by atoms with Crippen LogP contribution >= 0.6 is 0 Å². The van der Waals surface area contributed by atoms with E-state index in [0.717, 1.165) is 0 Å². The third-order valence-corrected chi connectivity index (χ3v) is 17.6. The molecule has 0 radical (unpaired) electrons. The number of rotatable bonds is 55. The molecular formula is C90H156N4O29. The highest BCUT2D eigenvalue weighted by Crippen LogP contribution is 2.36. The normalized spacial score (nSPS) is 12.8. The van der Waals surface area contributed by atoms with Crippen molar-refractivity contribution in [1.29, 1.82) is 0 Å². The molecule has 0 aliphatic rings. The summed E-state index contributed by atoms with van der Waals surface area (Å²) in [7, 11) is 1.54. The molecule has 33 nitrogen and oxygen atoms in total. The average molecular weight is 1760 g/mol. The smallest absolute Gasteiger partial charge is 0.317 e. The minimum absolute atomic E-state index is 0.00195. The summed E-state index contributed by atoms with van der Waals surface area (Å²) in [6, 6.07) is 0. The number of nitrogens with one attached hydrogen (secondary N) is 4. The first-order valence-corrected chi connectivity index (χ1v) is 43.1. The van der Waals surface area contributed by atoms with Crippen molar-refractivity contribution in [3.05, 3.63) is 0 Å². The van der Waals surface area contributed by atoms with Gasteiger partial charge in [0.1, 0.15) is 63.4 Å². The van der Waals surface area contributed by atoms with Crippen molar-refractivity contribution in [3.8, 4) is 0 Å². The highest BCUT2D eigenvalue weighted by Gasteiger charge is 2.43. The van der Waals surface area contributed by atoms with E-state index in [9.17, 15) is 52.7 Å². The average Bonchev–Trinajstić information content (AvgIpc) is 0.826. The highest BCUT2D eigenvalue weighted by molar-refractivity contribution is 5.91. The van der Waals surface area contributed by atoms with Crippen molar-refractivity contribution in [2.45, 2.75) is 433 Å². The van der Waals surface area contributed by atoms with Crippen molar-refractivity contribution in [2.75, 3.05) is 53.4 Å². The molecule has 710 valence electrons. The molecule has 0 aromatic heterocycles. The molecule has 33 heteroatoms. The monoisotopic (exact) mass is 1760 g/mol. The fraction of sp³-hybridized carbons (Fsp3) is 0.833. The molecule has 4 amide bonds. The number of carbonyl (C=O) groups is 15. The van der Waals surface area contributed by atoms with Crippen LogP contribution in [0.2, 0.25) is 0 Å². The van der Waals surface area contributed by atoms with Gasteiger partial charge in [0.2, 0.25) is 23.6 Å². The maximum atomic E-state index is 15.6. The zero-order chi connectivity index (χ0) is 94.9. The van der Waals surface area contributed by atoms with Gasteiger partial charge >= 0.3 is 65.7 Å². The minimum atomic E-state index is -1.91. The maximum absolute atomic E-state index is 15.6. The Morgan fingerprint density at radius 1 is 0.195 bits per heavy atom. The molecule has 0 saturated carbocycles. The molecule has 0 rings (SSSR count). The van der Waals surface area contributed by atoms with E-state index in [1.165, 1.54) is 7.11 Å². The van der Waals surface area contributed by atoms with Crippen molar-refractivity contribution < 1.29 is 138 Å². The van der Waals surface area contributed by atoms with Gasteiger partial charge in [-0.2, -0.15) is 0 Å². The zero-order valence-electron chi connectivity index (χ0n) is 79.9. The number of methoxy groups -OCH3 is 1. The Morgan fingerprint density at radius 3 is 0.545 bits per heavy atom. The molecule has 0 unspecified atom stereocenters. The molecule has 0 bridgehead atoms. The van der Waals surface area contributed by atoms with Crippen LogP contribution in [0.4, 0.5) is 0 Å². The summed E-state index contributed by atoms with van der Waals surface area (Å²) >= 11 is 0. The number of carbonyl (C=O) groups excluding carboxylic acids is 15. The van der Waals surface area contributed by atoms with Gasteiger partial charge in [-0.25, -0.2) is 0 Å². The quantitative estimate of drug-likeness (QED) is 0.0190. The van der Waals surface area contributed by atoms with Crippen LogP contribution in [0.5, 0.6) is 0 Å². The van der Waals surface area contributed by atoms with Crippen molar-refractivity contribution >= 4 is 89.3 Å². The lowest BCUT2D eigenvalue weighted by molar-refractivity contribution is -0.158. The minimum Gasteiger partial charge on any atom is -0.465 e. The second kappa shape index (κ2) is 52.1. The number of ether oxygens (including phenoxy) is 14. The van der Waals surface area contributed by atoms with Crippen LogP contribution < -0.4 is 21.3 Å². The fourth-order valence-electron chi connectivity index (χ4n) is 12.7. The summed E-state index contributed by atoms with van der Waals surface area (Å²) in [4.78, 5) is 212. The topological polar surface area (TPSA) is 433 Å². The van der Waals surface area contributed by atoms with Gasteiger partial charge in [0, 0.05) is 113 Å². The fourth-order valence-corrected chi connectivity index (χ4v) is 12.7. The van der Waals surface area contributed by atoms with Gasteiger partial charge < -0.3 is 87.6 Å². The zero-order valence-corrected chi connectivity index (χ0v) is 79.9. The summed E-state index contributed by atoms with van der Waals surface area (Å²) in [5.74, 6) is -11.3. The number of esters is 11. The van der Waals surface area contributed by atoms with Crippen LogP contribution in [0.1, 0.15) is 360 Å². The largest absolute Gasteiger partial charge is 0.465 e. The lowest BCUT2D eigenvalue weighted by Crippen LogP contribution is -2.54. The predicted molar refractivity (Wildman–Crippen MR) is 456 cm³/mol. The molecule has 0 aromatic rings. The second-order valence-electron chi connectivity index (χ2n) is 40.5. The van der Waals surface area contributed by atoms with Crippen LogP contribution in [0.3, 0.4) is 0 Å². The summed E-state index contributed by atoms with van der Waals surface area (Å²) < 4.78 is 77.8. The van der Waals surface area contributed by atoms with Crippen molar-refractivity contribution in [2.24, 2.45) is 0 Å². The molecule has 0 spiro atoms. The van der Waals surface area contributed by atoms with Gasteiger partial charge in [0.05, 0.1) is 39.6 Å². The lowest BCUT2D eigenvalue weighted by Gasteiger charge is -2.39. The molecule has 0 saturated heterocycles. The van der Waals surface area contributed by atoms with E-state index in [0.29, 0.717) is 13.2 Å². The standard InChI is InChI=1S/C90H156N4O29/c1-78(2,3)115-67(99)34-46-88(47-35-68(100)116-79(4,5)6,48-36-69(101)117-80(7,8)9)92-64(96)31-43-87(91-63(95)30-29-55-113-76(108)62-77(109)114-61-60-112-59-58-111-57-56-110-28,44-32-65(97)93-89(49-37-70(102)118-81(10,11)12,50-38-71(103)119-82(13,14)15)51-39-72(104)120-83(16,17)18)45-33-66(98)94-90(52-40-73(105)121-84(19,20)21,53-41-74(106)122-85(22,23)24)54-42-75(107)123-86(25,26)27/h29-62H2,1-28H3,(H,91,95)(H,92,96)(H,93,97)(H,94,98). The van der Waals surface area contributed by atoms with Gasteiger partial charge in [0.25, 0.3) is 0 Å². The van der Waals surface area contributed by atoms with E-state index in [4.69, 9.17) is 66.3 Å². The summed E-state index contributed by atoms with van der Waals surface area (Å²) in [6.45, 7) is 45.5. The Bertz CT molecular complexity index is 2860. The SMILES string of the molecule is COCCOCCOCCOC(=O)CC(=O)OCCCC(=O)NC(CCC(=O)NC(CCC(=O)OC(C)(C)C)(CCC(=O)OC(C)(C)C)CCC(=O)OC(C)(C)C)(CCC(=O)NC(CCC(=O)OC(C)(C)C)(CCC(=O)OC(C)(C)C)CCC(=O)OC(C)(C)C)CCC(=O)NC(CCC(=O)OC(C)(C)C)(CCC(=O)OC(C)(C)C)CCC(=O)OC(C)(C)C. The van der Waals surface area contributed by atoms with Crippen LogP contribution in [-0.2, 0) is 138 Å². The van der Waals surface area contributed by atoms with E-state index in [2.05, 4.69) is 21.3 Å². The van der Waals surface area contributed by atoms with Gasteiger partial charge in [-0.1, -0.05) is 0 Å². The van der Waals surface area contributed by atoms with Crippen LogP contribution in [-0.4, -0.2) is 215 Å². The lowest BCUT2D eigenvalue weighted by atomic mass is 9.80. The second-order valence-corrected chi connectivity index (χ2v) is 40.5. The first-order valence-electron chi connectivity index (χ1n) is 43.1. The van der Waals surface area contributed by atoms with Gasteiger partial charge in [0.15, 0.2) is 0 Å². The van der Waals surface area contributed by atoms with Crippen LogP contribution in [0.15, 0.2) is 0 Å². The molecular weight excluding hydrogens is 1600 g/mol. The Kier molecular flexibility index (Phi) is 48.7. The van der Waals surface area contributed by atoms with Gasteiger partial charge in [-0.15, -0.1) is 0 Å². The molecule has 123 heavy (non-hydrogen) atoms. The Hall–Kier alpha value is -8.07. The van der Waals surface area contributed by atoms with Crippen molar-refractivity contribution in [3.63, 3.8) is 0 Å². The van der Waals surface area contributed by atoms with Crippen molar-refractivity contribution in [1.82, 2.24) is 21.3 Å². The van der Waals surface area contributed by atoms with E-state index in [1.807, 2.05) is 0 Å². The van der Waals surface area contributed by atoms with Gasteiger partial charge in [-0.05, 0) is 270 Å². The molecule has 0 atom stereocenters. The van der Waals surface area contributed by atoms with Crippen LogP contribution in [0, 0.1) is 0 Å². The van der Waals surface area contributed by atoms with E-state index < -0.39 is 220 Å². The molecule has 0 aromatic carbocycles. The third-order valence-electron chi connectivity index (χ3n) is 17.6. The van der Waals surface area contributed by atoms with E-state index in [1.54, 1.807) is 187 Å². The first kappa shape index (κ1) is 115. The van der Waals surface area contributed by atoms with Crippen LogP contribution in [0.25, 0.3) is 0 Å². The van der Waals surface area contributed by atoms with E-state index >= 15 is 19.2 Å². The Morgan fingerprint density at radius 2 is 0.358 bits per heavy atom. The third kappa shape index (κ3) is 62.7. The molecule has 4 N–H and O–H groups in total. The maximum Gasteiger partial charge on any atom is 0.317 e. The molecule has 0 heterocycles. The molecule has 0 aliphatic heterocycles. The predicted octanol–water partition coefficient (Wildman–Crippen LogP) is 12.8. The van der Waals surface area contributed by atoms with E-state index in [-0.39, 0.29) is 148 Å². The number of amides is 4. The number of hydrogen-bond donors (Lipinski definition) is 4. The molecule has 0 fully saturated rings. The summed E-state index contributed by atoms with van der Waals surface area (Å²) in [5.41, 5.74) is -15.5. The Balaban J connectivity index is 9.33.